The first-order chi connectivity index (χ1) is 11.7. The number of phenols is 1. The number of fused-ring (bicyclic) bond motifs is 1. The maximum absolute atomic E-state index is 12.7. The lowest BCUT2D eigenvalue weighted by molar-refractivity contribution is 0.0527. The second-order valence-electron chi connectivity index (χ2n) is 7.28. The van der Waals surface area contributed by atoms with Gasteiger partial charge in [0.1, 0.15) is 5.75 Å². The molecule has 1 aromatic heterocycles. The van der Waals surface area contributed by atoms with Crippen molar-refractivity contribution in [3.8, 4) is 11.8 Å². The van der Waals surface area contributed by atoms with Crippen LogP contribution in [0.25, 0.3) is 10.9 Å². The van der Waals surface area contributed by atoms with Gasteiger partial charge in [0.15, 0.2) is 0 Å². The van der Waals surface area contributed by atoms with E-state index >= 15 is 0 Å². The Labute approximate surface area is 148 Å². The minimum atomic E-state index is -0.943. The largest absolute Gasteiger partial charge is 0.508 e. The molecule has 0 radical (unpaired) electrons. The average molecular weight is 342 g/mol. The summed E-state index contributed by atoms with van der Waals surface area (Å²) in [6.07, 6.45) is 0. The first-order valence-corrected chi connectivity index (χ1v) is 8.59. The van der Waals surface area contributed by atoms with Gasteiger partial charge < -0.3 is 14.4 Å². The second-order valence-corrected chi connectivity index (χ2v) is 7.28. The molecule has 25 heavy (non-hydrogen) atoms. The Balaban J connectivity index is 2.98. The highest BCUT2D eigenvalue weighted by Gasteiger charge is 2.32. The van der Waals surface area contributed by atoms with Crippen LogP contribution in [0.5, 0.6) is 5.75 Å². The molecule has 2 aromatic rings. The summed E-state index contributed by atoms with van der Waals surface area (Å²) in [6, 6.07) is 5.64. The van der Waals surface area contributed by atoms with Crippen LogP contribution in [0.1, 0.15) is 56.2 Å². The number of aromatic nitrogens is 1. The lowest BCUT2D eigenvalue weighted by atomic mass is 9.82. The van der Waals surface area contributed by atoms with Crippen LogP contribution in [0.15, 0.2) is 12.1 Å². The molecule has 0 aliphatic carbocycles. The van der Waals surface area contributed by atoms with Crippen molar-refractivity contribution in [1.82, 2.24) is 4.57 Å². The third-order valence-corrected chi connectivity index (χ3v) is 4.40. The lowest BCUT2D eigenvalue weighted by Crippen LogP contribution is -2.16. The second kappa shape index (κ2) is 6.79. The van der Waals surface area contributed by atoms with E-state index in [2.05, 4.69) is 24.5 Å². The molecule has 2 rings (SSSR count). The molecule has 134 valence electrons. The molecule has 0 bridgehead atoms. The number of carbonyl (C=O) groups excluding carboxylic acids is 1. The number of rotatable bonds is 5. The zero-order valence-electron chi connectivity index (χ0n) is 15.8. The fraction of sp³-hybridized carbons (Fsp3) is 0.500. The summed E-state index contributed by atoms with van der Waals surface area (Å²) in [5.41, 5.74) is 1.60. The highest BCUT2D eigenvalue weighted by Crippen LogP contribution is 2.41. The summed E-state index contributed by atoms with van der Waals surface area (Å²) in [5, 5.41) is 20.7. The van der Waals surface area contributed by atoms with Gasteiger partial charge in [-0.3, -0.25) is 0 Å². The highest BCUT2D eigenvalue weighted by molar-refractivity contribution is 6.08. The number of benzene rings is 1. The maximum atomic E-state index is 12.7. The third-order valence-electron chi connectivity index (χ3n) is 4.40. The van der Waals surface area contributed by atoms with Crippen molar-refractivity contribution in [3.63, 3.8) is 0 Å². The first-order valence-electron chi connectivity index (χ1n) is 8.59. The Hall–Kier alpha value is -2.48. The van der Waals surface area contributed by atoms with E-state index in [-0.39, 0.29) is 12.4 Å². The van der Waals surface area contributed by atoms with Gasteiger partial charge in [0.25, 0.3) is 0 Å². The molecule has 0 amide bonds. The highest BCUT2D eigenvalue weighted by atomic mass is 16.5. The predicted molar refractivity (Wildman–Crippen MR) is 97.8 cm³/mol. The summed E-state index contributed by atoms with van der Waals surface area (Å²) in [6.45, 7) is 12.3. The summed E-state index contributed by atoms with van der Waals surface area (Å²) in [4.78, 5) is 12.7. The van der Waals surface area contributed by atoms with Crippen molar-refractivity contribution in [2.45, 2.75) is 53.5 Å². The Kier molecular flexibility index (Phi) is 5.12. The predicted octanol–water partition coefficient (Wildman–Crippen LogP) is 4.29. The van der Waals surface area contributed by atoms with Crippen LogP contribution < -0.4 is 0 Å². The van der Waals surface area contributed by atoms with Gasteiger partial charge in [0, 0.05) is 28.7 Å². The number of aromatic hydroxyl groups is 1. The molecule has 0 spiro atoms. The van der Waals surface area contributed by atoms with Gasteiger partial charge in [0.2, 0.25) is 0 Å². The molecular formula is C20H26N2O3. The summed E-state index contributed by atoms with van der Waals surface area (Å²) >= 11 is 0. The van der Waals surface area contributed by atoms with E-state index in [0.717, 1.165) is 17.8 Å². The van der Waals surface area contributed by atoms with Crippen molar-refractivity contribution in [3.05, 3.63) is 29.0 Å². The lowest BCUT2D eigenvalue weighted by Gasteiger charge is -2.20. The van der Waals surface area contributed by atoms with Crippen LogP contribution in [-0.2, 0) is 16.7 Å². The van der Waals surface area contributed by atoms with Gasteiger partial charge in [0.05, 0.1) is 23.7 Å². The van der Waals surface area contributed by atoms with Crippen LogP contribution >= 0.6 is 0 Å². The molecule has 5 nitrogen and oxygen atoms in total. The molecule has 5 heteroatoms. The molecule has 0 saturated carbocycles. The zero-order chi connectivity index (χ0) is 18.9. The molecule has 0 fully saturated rings. The van der Waals surface area contributed by atoms with Gasteiger partial charge in [-0.25, -0.2) is 4.79 Å². The quantitative estimate of drug-likeness (QED) is 0.823. The van der Waals surface area contributed by atoms with E-state index in [1.54, 1.807) is 32.9 Å². The van der Waals surface area contributed by atoms with Crippen molar-refractivity contribution < 1.29 is 14.6 Å². The van der Waals surface area contributed by atoms with Crippen LogP contribution in [-0.4, -0.2) is 22.2 Å². The standard InChI is InChI=1S/C20H26N2O3/c1-7-25-19(24)16-13(4)22(10-12(2)3)14-8-9-15(23)18(17(14)16)20(5,6)11-21/h8-9,12,23H,7,10H2,1-6H3. The fourth-order valence-electron chi connectivity index (χ4n) is 3.30. The van der Waals surface area contributed by atoms with E-state index in [0.29, 0.717) is 22.4 Å². The fourth-order valence-corrected chi connectivity index (χ4v) is 3.30. The monoisotopic (exact) mass is 342 g/mol. The number of hydrogen-bond donors (Lipinski definition) is 1. The molecule has 1 heterocycles. The Morgan fingerprint density at radius 2 is 2.04 bits per heavy atom. The third kappa shape index (κ3) is 3.21. The van der Waals surface area contributed by atoms with Crippen LogP contribution in [0.3, 0.4) is 0 Å². The van der Waals surface area contributed by atoms with Gasteiger partial charge in [-0.2, -0.15) is 5.26 Å². The van der Waals surface area contributed by atoms with Gasteiger partial charge >= 0.3 is 5.97 Å². The van der Waals surface area contributed by atoms with E-state index in [1.807, 2.05) is 6.92 Å². The Bertz CT molecular complexity index is 854. The molecule has 1 aromatic carbocycles. The van der Waals surface area contributed by atoms with Crippen LogP contribution in [0.2, 0.25) is 0 Å². The van der Waals surface area contributed by atoms with E-state index in [1.165, 1.54) is 0 Å². The number of hydrogen-bond acceptors (Lipinski definition) is 4. The van der Waals surface area contributed by atoms with E-state index in [9.17, 15) is 15.2 Å². The molecular weight excluding hydrogens is 316 g/mol. The van der Waals surface area contributed by atoms with E-state index in [4.69, 9.17) is 4.74 Å². The van der Waals surface area contributed by atoms with Crippen molar-refractivity contribution >= 4 is 16.9 Å². The number of esters is 1. The zero-order valence-corrected chi connectivity index (χ0v) is 15.8. The number of ether oxygens (including phenoxy) is 1. The van der Waals surface area contributed by atoms with Crippen molar-refractivity contribution in [1.29, 1.82) is 5.26 Å². The van der Waals surface area contributed by atoms with Crippen molar-refractivity contribution in [2.75, 3.05) is 6.61 Å². The molecule has 0 aliphatic heterocycles. The summed E-state index contributed by atoms with van der Waals surface area (Å²) in [5.74, 6) is -0.0232. The molecule has 0 atom stereocenters. The number of nitriles is 1. The first kappa shape index (κ1) is 18.9. The number of phenolic OH excluding ortho intramolecular Hbond substituents is 1. The SMILES string of the molecule is CCOC(=O)c1c(C)n(CC(C)C)c2ccc(O)c(C(C)(C)C#N)c12. The summed E-state index contributed by atoms with van der Waals surface area (Å²) in [7, 11) is 0. The van der Waals surface area contributed by atoms with Crippen LogP contribution in [0.4, 0.5) is 0 Å². The maximum Gasteiger partial charge on any atom is 0.340 e. The molecule has 0 aliphatic rings. The smallest absolute Gasteiger partial charge is 0.340 e. The average Bonchev–Trinajstić information content (AvgIpc) is 2.79. The Morgan fingerprint density at radius 3 is 2.56 bits per heavy atom. The van der Waals surface area contributed by atoms with Gasteiger partial charge in [-0.15, -0.1) is 0 Å². The minimum Gasteiger partial charge on any atom is -0.508 e. The number of nitrogens with zero attached hydrogens (tertiary/aromatic N) is 2. The minimum absolute atomic E-state index is 0.0197. The molecule has 0 saturated heterocycles. The van der Waals surface area contributed by atoms with Gasteiger partial charge in [-0.1, -0.05) is 13.8 Å². The van der Waals surface area contributed by atoms with Crippen LogP contribution in [0, 0.1) is 24.2 Å². The Morgan fingerprint density at radius 1 is 1.40 bits per heavy atom. The topological polar surface area (TPSA) is 75.2 Å². The molecule has 0 unspecified atom stereocenters. The van der Waals surface area contributed by atoms with Gasteiger partial charge in [-0.05, 0) is 45.7 Å². The van der Waals surface area contributed by atoms with E-state index < -0.39 is 11.4 Å². The molecule has 1 N–H and O–H groups in total. The summed E-state index contributed by atoms with van der Waals surface area (Å²) < 4.78 is 7.33. The normalized spacial score (nSPS) is 11.8. The number of carbonyl (C=O) groups is 1. The van der Waals surface area contributed by atoms with Crippen molar-refractivity contribution in [2.24, 2.45) is 5.92 Å².